The van der Waals surface area contributed by atoms with E-state index >= 15 is 4.39 Å². The number of nitrogens with zero attached hydrogens (tertiary/aromatic N) is 4. The van der Waals surface area contributed by atoms with E-state index in [0.717, 1.165) is 6.07 Å². The highest BCUT2D eigenvalue weighted by molar-refractivity contribution is 7.91. The van der Waals surface area contributed by atoms with Gasteiger partial charge in [-0.1, -0.05) is 23.7 Å². The van der Waals surface area contributed by atoms with Crippen LogP contribution in [0, 0.1) is 17.1 Å². The fourth-order valence-electron chi connectivity index (χ4n) is 3.39. The summed E-state index contributed by atoms with van der Waals surface area (Å²) in [6.07, 6.45) is 0. The van der Waals surface area contributed by atoms with E-state index in [4.69, 9.17) is 27.0 Å². The molecule has 2 aromatic carbocycles. The molecule has 2 N–H and O–H groups in total. The summed E-state index contributed by atoms with van der Waals surface area (Å²) in [7, 11) is -4.08. The van der Waals surface area contributed by atoms with Crippen LogP contribution in [0.15, 0.2) is 45.7 Å². The third-order valence-electron chi connectivity index (χ3n) is 5.15. The molecule has 0 saturated carbocycles. The predicted octanol–water partition coefficient (Wildman–Crippen LogP) is 2.80. The van der Waals surface area contributed by atoms with E-state index in [2.05, 4.69) is 10.2 Å². The predicted molar refractivity (Wildman–Crippen MR) is 116 cm³/mol. The zero-order valence-electron chi connectivity index (χ0n) is 17.2. The highest BCUT2D eigenvalue weighted by Gasteiger charge is 2.37. The second kappa shape index (κ2) is 8.55. The Balaban J connectivity index is 1.88. The number of benzene rings is 2. The van der Waals surface area contributed by atoms with Crippen molar-refractivity contribution in [1.82, 2.24) is 10.2 Å². The molecular formula is C21H17ClFN5O4S. The lowest BCUT2D eigenvalue weighted by molar-refractivity contribution is -0.119. The first-order valence-corrected chi connectivity index (χ1v) is 11.7. The second-order valence-electron chi connectivity index (χ2n) is 7.53. The molecule has 2 atom stereocenters. The summed E-state index contributed by atoms with van der Waals surface area (Å²) in [4.78, 5) is 13.9. The number of carbonyl (C=O) groups excluding carboxylic acids is 1. The molecule has 9 nitrogen and oxygen atoms in total. The van der Waals surface area contributed by atoms with E-state index in [1.54, 1.807) is 24.3 Å². The average molecular weight is 490 g/mol. The minimum Gasteiger partial charge on any atom is -0.419 e. The molecule has 0 fully saturated rings. The normalized spacial score (nSPS) is 18.3. The van der Waals surface area contributed by atoms with E-state index < -0.39 is 39.3 Å². The zero-order valence-corrected chi connectivity index (χ0v) is 18.8. The zero-order chi connectivity index (χ0) is 23.9. The van der Waals surface area contributed by atoms with Crippen LogP contribution in [0.4, 0.5) is 10.1 Å². The molecule has 4 rings (SSSR count). The summed E-state index contributed by atoms with van der Waals surface area (Å²) in [5, 5.41) is 17.0. The maximum absolute atomic E-state index is 15.0. The largest absolute Gasteiger partial charge is 0.419 e. The summed E-state index contributed by atoms with van der Waals surface area (Å²) < 4.78 is 46.2. The molecule has 1 amide bonds. The Morgan fingerprint density at radius 2 is 2.03 bits per heavy atom. The summed E-state index contributed by atoms with van der Waals surface area (Å²) in [5.74, 6) is -3.25. The van der Waals surface area contributed by atoms with Gasteiger partial charge in [-0.2, -0.15) is 5.26 Å². The summed E-state index contributed by atoms with van der Waals surface area (Å²) >= 11 is 5.93. The van der Waals surface area contributed by atoms with E-state index in [-0.39, 0.29) is 34.5 Å². The third-order valence-corrected chi connectivity index (χ3v) is 7.19. The van der Waals surface area contributed by atoms with Gasteiger partial charge < -0.3 is 15.1 Å². The van der Waals surface area contributed by atoms with Crippen molar-refractivity contribution in [1.29, 1.82) is 5.26 Å². The topological polar surface area (TPSA) is 143 Å². The molecule has 1 aromatic heterocycles. The van der Waals surface area contributed by atoms with Crippen molar-refractivity contribution in [2.24, 2.45) is 5.73 Å². The van der Waals surface area contributed by atoms with Crippen LogP contribution < -0.4 is 10.6 Å². The molecule has 12 heteroatoms. The van der Waals surface area contributed by atoms with E-state index in [1.807, 2.05) is 6.07 Å². The van der Waals surface area contributed by atoms with Crippen molar-refractivity contribution < 1.29 is 22.0 Å². The average Bonchev–Trinajstić information content (AvgIpc) is 3.25. The standard InChI is InChI=1S/C21H17ClFN5O4S/c1-11(8-24)19-26-27-20(32-19)14-6-17-18(7-15(14)23)33(30,31)10-16(25)21(29)28(17)9-12-2-4-13(22)5-3-12/h2-7,11,16H,9-10,25H2,1H3/t11?,16-/m0/s1. The fourth-order valence-corrected chi connectivity index (χ4v) is 5.08. The highest BCUT2D eigenvalue weighted by atomic mass is 35.5. The van der Waals surface area contributed by atoms with Crippen LogP contribution in [-0.2, 0) is 21.2 Å². The van der Waals surface area contributed by atoms with Gasteiger partial charge in [0.15, 0.2) is 9.84 Å². The summed E-state index contributed by atoms with van der Waals surface area (Å²) in [6, 6.07) is 9.19. The number of rotatable bonds is 4. The van der Waals surface area contributed by atoms with Crippen molar-refractivity contribution >= 4 is 33.0 Å². The molecule has 0 bridgehead atoms. The lowest BCUT2D eigenvalue weighted by Crippen LogP contribution is -2.45. The minimum absolute atomic E-state index is 0.0226. The minimum atomic E-state index is -4.08. The van der Waals surface area contributed by atoms with E-state index in [1.165, 1.54) is 17.9 Å². The molecule has 0 radical (unpaired) electrons. The van der Waals surface area contributed by atoms with Crippen LogP contribution >= 0.6 is 11.6 Å². The van der Waals surface area contributed by atoms with Gasteiger partial charge in [-0.05, 0) is 36.8 Å². The van der Waals surface area contributed by atoms with Crippen LogP contribution in [0.5, 0.6) is 0 Å². The molecule has 1 aliphatic rings. The first kappa shape index (κ1) is 22.8. The monoisotopic (exact) mass is 489 g/mol. The van der Waals surface area contributed by atoms with Gasteiger partial charge >= 0.3 is 0 Å². The number of fused-ring (bicyclic) bond motifs is 1. The number of nitrogens with two attached hydrogens (primary N) is 1. The molecule has 170 valence electrons. The molecule has 1 unspecified atom stereocenters. The van der Waals surface area contributed by atoms with Gasteiger partial charge in [0, 0.05) is 5.02 Å². The quantitative estimate of drug-likeness (QED) is 0.589. The molecule has 3 aromatic rings. The van der Waals surface area contributed by atoms with Gasteiger partial charge in [-0.25, -0.2) is 12.8 Å². The Labute approximate surface area is 193 Å². The molecular weight excluding hydrogens is 473 g/mol. The van der Waals surface area contributed by atoms with Crippen molar-refractivity contribution in [3.63, 3.8) is 0 Å². The number of anilines is 1. The van der Waals surface area contributed by atoms with Crippen LogP contribution in [0.25, 0.3) is 11.5 Å². The number of hydrogen-bond donors (Lipinski definition) is 1. The van der Waals surface area contributed by atoms with Crippen molar-refractivity contribution in [2.45, 2.75) is 30.3 Å². The molecule has 0 aliphatic carbocycles. The fraction of sp³-hybridized carbons (Fsp3) is 0.238. The van der Waals surface area contributed by atoms with Gasteiger partial charge in [0.05, 0.1) is 40.6 Å². The molecule has 1 aliphatic heterocycles. The summed E-state index contributed by atoms with van der Waals surface area (Å²) in [6.45, 7) is 1.50. The van der Waals surface area contributed by atoms with Crippen LogP contribution in [0.3, 0.4) is 0 Å². The van der Waals surface area contributed by atoms with Gasteiger partial charge in [-0.15, -0.1) is 10.2 Å². The summed E-state index contributed by atoms with van der Waals surface area (Å²) in [5.41, 5.74) is 6.26. The molecule has 2 heterocycles. The Morgan fingerprint density at radius 3 is 2.70 bits per heavy atom. The van der Waals surface area contributed by atoms with Crippen molar-refractivity contribution in [3.05, 3.63) is 58.7 Å². The van der Waals surface area contributed by atoms with Crippen LogP contribution in [0.1, 0.15) is 24.3 Å². The van der Waals surface area contributed by atoms with E-state index in [9.17, 15) is 13.2 Å². The smallest absolute Gasteiger partial charge is 0.250 e. The van der Waals surface area contributed by atoms with Crippen LogP contribution in [0.2, 0.25) is 5.02 Å². The first-order chi connectivity index (χ1) is 15.6. The maximum atomic E-state index is 15.0. The second-order valence-corrected chi connectivity index (χ2v) is 9.97. The van der Waals surface area contributed by atoms with Gasteiger partial charge in [-0.3, -0.25) is 4.79 Å². The van der Waals surface area contributed by atoms with Gasteiger partial charge in [0.25, 0.3) is 5.89 Å². The third kappa shape index (κ3) is 4.32. The Morgan fingerprint density at radius 1 is 1.33 bits per heavy atom. The van der Waals surface area contributed by atoms with Crippen molar-refractivity contribution in [2.75, 3.05) is 10.7 Å². The maximum Gasteiger partial charge on any atom is 0.250 e. The van der Waals surface area contributed by atoms with E-state index in [0.29, 0.717) is 10.6 Å². The molecule has 0 spiro atoms. The Hall–Kier alpha value is -3.33. The van der Waals surface area contributed by atoms with Gasteiger partial charge in [0.1, 0.15) is 11.7 Å². The SMILES string of the molecule is CC(C#N)c1nnc(-c2cc3c(cc2F)S(=O)(=O)C[C@H](N)C(=O)N3Cc2ccc(Cl)cc2)o1. The van der Waals surface area contributed by atoms with Gasteiger partial charge in [0.2, 0.25) is 11.8 Å². The number of hydrogen-bond acceptors (Lipinski definition) is 8. The lowest BCUT2D eigenvalue weighted by atomic mass is 10.1. The number of amides is 1. The van der Waals surface area contributed by atoms with Crippen LogP contribution in [-0.4, -0.2) is 36.3 Å². The Kier molecular flexibility index (Phi) is 5.92. The number of halogens is 2. The molecule has 0 saturated heterocycles. The highest BCUT2D eigenvalue weighted by Crippen LogP contribution is 2.37. The number of nitriles is 1. The molecule has 33 heavy (non-hydrogen) atoms. The first-order valence-electron chi connectivity index (χ1n) is 9.72. The lowest BCUT2D eigenvalue weighted by Gasteiger charge is -2.24. The Bertz CT molecular complexity index is 1380. The number of carbonyl (C=O) groups is 1. The van der Waals surface area contributed by atoms with Crippen molar-refractivity contribution in [3.8, 4) is 17.5 Å². The number of sulfone groups is 1. The number of aromatic nitrogens is 2.